The van der Waals surface area contributed by atoms with Crippen molar-refractivity contribution in [2.75, 3.05) is 24.7 Å². The van der Waals surface area contributed by atoms with Gasteiger partial charge >= 0.3 is 12.0 Å². The molecular weight excluding hydrogens is 272 g/mol. The number of carboxylic acid groups (broad SMARTS) is 1. The molecule has 1 unspecified atom stereocenters. The molecule has 1 atom stereocenters. The largest absolute Gasteiger partial charge is 0.480 e. The molecule has 0 bridgehead atoms. The summed E-state index contributed by atoms with van der Waals surface area (Å²) >= 11 is 1.78. The lowest BCUT2D eigenvalue weighted by atomic mass is 10.3. The van der Waals surface area contributed by atoms with Gasteiger partial charge in [-0.2, -0.15) is 11.8 Å². The molecule has 0 rings (SSSR count). The molecule has 8 heteroatoms. The van der Waals surface area contributed by atoms with Crippen molar-refractivity contribution in [1.82, 2.24) is 10.6 Å². The number of urea groups is 1. The number of imide groups is 1. The van der Waals surface area contributed by atoms with E-state index in [0.717, 1.165) is 17.9 Å². The third kappa shape index (κ3) is 11.5. The van der Waals surface area contributed by atoms with Crippen molar-refractivity contribution in [3.8, 4) is 0 Å². The van der Waals surface area contributed by atoms with Crippen molar-refractivity contribution in [3.05, 3.63) is 0 Å². The smallest absolute Gasteiger partial charge is 0.329 e. The molecule has 0 aliphatic heterocycles. The number of hydrogen-bond donors (Lipinski definition) is 3. The minimum Gasteiger partial charge on any atom is -0.480 e. The zero-order valence-corrected chi connectivity index (χ0v) is 11.9. The fourth-order valence-electron chi connectivity index (χ4n) is 1.13. The third-order valence-corrected chi connectivity index (χ3v) is 2.92. The predicted octanol–water partition coefficient (Wildman–Crippen LogP) is 0.445. The number of ether oxygens (including phenoxy) is 1. The Morgan fingerprint density at radius 2 is 2.00 bits per heavy atom. The van der Waals surface area contributed by atoms with E-state index >= 15 is 0 Å². The van der Waals surface area contributed by atoms with Crippen molar-refractivity contribution in [3.63, 3.8) is 0 Å². The van der Waals surface area contributed by atoms with Gasteiger partial charge in [0.05, 0.1) is 0 Å². The average molecular weight is 292 g/mol. The standard InChI is InChI=1S/C11H20N2O5S/c1-3-19-5-4-8(2)12-11(17)13-9(14)6-18-7-10(15)16/h8H,3-7H2,1-2H3,(H,15,16)(H2,12,13,14,17). The molecule has 3 amide bonds. The van der Waals surface area contributed by atoms with E-state index in [1.165, 1.54) is 0 Å². The van der Waals surface area contributed by atoms with E-state index in [9.17, 15) is 14.4 Å². The third-order valence-electron chi connectivity index (χ3n) is 1.99. The summed E-state index contributed by atoms with van der Waals surface area (Å²) in [5.41, 5.74) is 0. The van der Waals surface area contributed by atoms with E-state index in [2.05, 4.69) is 22.3 Å². The first-order chi connectivity index (χ1) is 8.95. The number of hydrogen-bond acceptors (Lipinski definition) is 5. The molecule has 110 valence electrons. The van der Waals surface area contributed by atoms with Crippen LogP contribution in [0, 0.1) is 0 Å². The van der Waals surface area contributed by atoms with Gasteiger partial charge in [-0.05, 0) is 24.9 Å². The van der Waals surface area contributed by atoms with Crippen LogP contribution in [0.15, 0.2) is 0 Å². The van der Waals surface area contributed by atoms with Crippen molar-refractivity contribution in [1.29, 1.82) is 0 Å². The summed E-state index contributed by atoms with van der Waals surface area (Å²) in [6.45, 7) is 2.88. The highest BCUT2D eigenvalue weighted by molar-refractivity contribution is 7.99. The molecule has 0 aromatic rings. The molecule has 0 saturated heterocycles. The Kier molecular flexibility index (Phi) is 9.91. The lowest BCUT2D eigenvalue weighted by molar-refractivity contribution is -0.143. The molecule has 0 saturated carbocycles. The van der Waals surface area contributed by atoms with Gasteiger partial charge in [0.25, 0.3) is 5.91 Å². The van der Waals surface area contributed by atoms with Gasteiger partial charge < -0.3 is 15.2 Å². The molecule has 0 aromatic carbocycles. The quantitative estimate of drug-likeness (QED) is 0.533. The summed E-state index contributed by atoms with van der Waals surface area (Å²) in [4.78, 5) is 32.7. The van der Waals surface area contributed by atoms with E-state index in [4.69, 9.17) is 5.11 Å². The molecule has 0 fully saturated rings. The van der Waals surface area contributed by atoms with Crippen LogP contribution in [-0.4, -0.2) is 53.8 Å². The minimum absolute atomic E-state index is 0.0354. The zero-order chi connectivity index (χ0) is 14.7. The summed E-state index contributed by atoms with van der Waals surface area (Å²) in [7, 11) is 0. The van der Waals surface area contributed by atoms with E-state index in [0.29, 0.717) is 0 Å². The highest BCUT2D eigenvalue weighted by atomic mass is 32.2. The minimum atomic E-state index is -1.17. The van der Waals surface area contributed by atoms with Crippen LogP contribution in [0.4, 0.5) is 4.79 Å². The Bertz CT molecular complexity index is 311. The molecular formula is C11H20N2O5S. The second kappa shape index (κ2) is 10.6. The first-order valence-corrected chi connectivity index (χ1v) is 7.08. The van der Waals surface area contributed by atoms with Gasteiger partial charge in [0.2, 0.25) is 0 Å². The second-order valence-electron chi connectivity index (χ2n) is 3.79. The van der Waals surface area contributed by atoms with Crippen LogP contribution in [0.5, 0.6) is 0 Å². The molecule has 0 radical (unpaired) electrons. The summed E-state index contributed by atoms with van der Waals surface area (Å²) in [6.07, 6.45) is 0.815. The molecule has 19 heavy (non-hydrogen) atoms. The van der Waals surface area contributed by atoms with Crippen LogP contribution in [0.3, 0.4) is 0 Å². The Hall–Kier alpha value is -1.28. The fraction of sp³-hybridized carbons (Fsp3) is 0.727. The monoisotopic (exact) mass is 292 g/mol. The van der Waals surface area contributed by atoms with Crippen molar-refractivity contribution >= 4 is 29.7 Å². The van der Waals surface area contributed by atoms with E-state index in [1.54, 1.807) is 11.8 Å². The van der Waals surface area contributed by atoms with Gasteiger partial charge in [-0.25, -0.2) is 9.59 Å². The van der Waals surface area contributed by atoms with Crippen molar-refractivity contribution in [2.24, 2.45) is 0 Å². The molecule has 0 heterocycles. The maximum atomic E-state index is 11.4. The average Bonchev–Trinajstić information content (AvgIpc) is 2.28. The highest BCUT2D eigenvalue weighted by Crippen LogP contribution is 2.03. The number of carbonyl (C=O) groups is 3. The Morgan fingerprint density at radius 1 is 1.32 bits per heavy atom. The first-order valence-electron chi connectivity index (χ1n) is 5.93. The van der Waals surface area contributed by atoms with Crippen LogP contribution in [0.25, 0.3) is 0 Å². The fourth-order valence-corrected chi connectivity index (χ4v) is 1.94. The number of rotatable bonds is 9. The van der Waals surface area contributed by atoms with Crippen LogP contribution < -0.4 is 10.6 Å². The molecule has 0 aliphatic rings. The summed E-state index contributed by atoms with van der Waals surface area (Å²) in [5.74, 6) is 0.125. The first kappa shape index (κ1) is 17.7. The maximum Gasteiger partial charge on any atom is 0.329 e. The van der Waals surface area contributed by atoms with Crippen molar-refractivity contribution in [2.45, 2.75) is 26.3 Å². The maximum absolute atomic E-state index is 11.4. The Labute approximate surface area is 116 Å². The van der Waals surface area contributed by atoms with Crippen LogP contribution in [0.2, 0.25) is 0 Å². The molecule has 0 aromatic heterocycles. The van der Waals surface area contributed by atoms with Crippen LogP contribution >= 0.6 is 11.8 Å². The summed E-state index contributed by atoms with van der Waals surface area (Å²) < 4.78 is 4.55. The second-order valence-corrected chi connectivity index (χ2v) is 5.19. The summed E-state index contributed by atoms with van der Waals surface area (Å²) in [5, 5.41) is 13.0. The van der Waals surface area contributed by atoms with Gasteiger partial charge in [-0.3, -0.25) is 10.1 Å². The molecule has 3 N–H and O–H groups in total. The lowest BCUT2D eigenvalue weighted by Gasteiger charge is -2.13. The molecule has 0 aliphatic carbocycles. The zero-order valence-electron chi connectivity index (χ0n) is 11.1. The predicted molar refractivity (Wildman–Crippen MR) is 72.2 cm³/mol. The van der Waals surface area contributed by atoms with Gasteiger partial charge in [0, 0.05) is 6.04 Å². The number of nitrogens with one attached hydrogen (secondary N) is 2. The van der Waals surface area contributed by atoms with Gasteiger partial charge in [-0.15, -0.1) is 0 Å². The highest BCUT2D eigenvalue weighted by Gasteiger charge is 2.11. The number of amides is 3. The molecule has 7 nitrogen and oxygen atoms in total. The number of thioether (sulfide) groups is 1. The topological polar surface area (TPSA) is 105 Å². The number of carboxylic acids is 1. The van der Waals surface area contributed by atoms with E-state index < -0.39 is 31.1 Å². The summed E-state index contributed by atoms with van der Waals surface area (Å²) in [6, 6.07) is -0.635. The van der Waals surface area contributed by atoms with Gasteiger partial charge in [-0.1, -0.05) is 6.92 Å². The normalized spacial score (nSPS) is 11.7. The number of aliphatic carboxylic acids is 1. The van der Waals surface area contributed by atoms with E-state index in [-0.39, 0.29) is 6.04 Å². The van der Waals surface area contributed by atoms with Gasteiger partial charge in [0.15, 0.2) is 0 Å². The van der Waals surface area contributed by atoms with Crippen LogP contribution in [-0.2, 0) is 14.3 Å². The van der Waals surface area contributed by atoms with Crippen molar-refractivity contribution < 1.29 is 24.2 Å². The number of carbonyl (C=O) groups excluding carboxylic acids is 2. The van der Waals surface area contributed by atoms with Crippen LogP contribution in [0.1, 0.15) is 20.3 Å². The SMILES string of the molecule is CCSCCC(C)NC(=O)NC(=O)COCC(=O)O. The Morgan fingerprint density at radius 3 is 2.58 bits per heavy atom. The van der Waals surface area contributed by atoms with E-state index in [1.807, 2.05) is 6.92 Å². The lowest BCUT2D eigenvalue weighted by Crippen LogP contribution is -2.45. The molecule has 0 spiro atoms. The van der Waals surface area contributed by atoms with Gasteiger partial charge in [0.1, 0.15) is 13.2 Å². The Balaban J connectivity index is 3.71.